The zero-order valence-corrected chi connectivity index (χ0v) is 66.1. The molecule has 0 aromatic heterocycles. The van der Waals surface area contributed by atoms with Crippen molar-refractivity contribution in [2.45, 2.75) is 401 Å². The SMILES string of the molecule is CC/C=C\C/C=C\C/C=C\C/C=C\C/C=C\C/C=C\C/C=C\CCCCCCCCCC(=O)NC(COC1OC(CO)C(OC2OC(CO)C(OC3OC(CO)C(O)C(O)C3O)C(O)C2O)C(O)C1O)C(O)/C=C/CC/C=C/CC/C=C/CCCCCCCCCCCCCCCCCCCCCCCCC. The number of aliphatic hydroxyl groups is 11. The molecule has 19 nitrogen and oxygen atoms in total. The van der Waals surface area contributed by atoms with Crippen LogP contribution in [0.3, 0.4) is 0 Å². The summed E-state index contributed by atoms with van der Waals surface area (Å²) in [5.41, 5.74) is 0. The smallest absolute Gasteiger partial charge is 0.220 e. The Balaban J connectivity index is 1.39. The molecule has 3 rings (SSSR count). The molecule has 3 aliphatic heterocycles. The molecule has 0 radical (unpaired) electrons. The third-order valence-electron chi connectivity index (χ3n) is 20.2. The van der Waals surface area contributed by atoms with Crippen LogP contribution in [0.15, 0.2) is 122 Å². The number of ether oxygens (including phenoxy) is 6. The molecule has 3 aliphatic rings. The fourth-order valence-corrected chi connectivity index (χ4v) is 13.5. The van der Waals surface area contributed by atoms with Crippen molar-refractivity contribution in [1.82, 2.24) is 5.32 Å². The number of carbonyl (C=O) groups excluding carboxylic acids is 1. The molecule has 12 N–H and O–H groups in total. The predicted molar refractivity (Wildman–Crippen MR) is 429 cm³/mol. The molecule has 0 bridgehead atoms. The van der Waals surface area contributed by atoms with Crippen LogP contribution < -0.4 is 5.32 Å². The van der Waals surface area contributed by atoms with Gasteiger partial charge in [0, 0.05) is 6.42 Å². The van der Waals surface area contributed by atoms with E-state index in [2.05, 4.69) is 129 Å². The first-order chi connectivity index (χ1) is 52.3. The number of carbonyl (C=O) groups is 1. The highest BCUT2D eigenvalue weighted by molar-refractivity contribution is 5.76. The first-order valence-electron chi connectivity index (χ1n) is 42.3. The van der Waals surface area contributed by atoms with Gasteiger partial charge in [0.05, 0.1) is 38.6 Å². The fourth-order valence-electron chi connectivity index (χ4n) is 13.5. The number of aliphatic hydroxyl groups excluding tert-OH is 11. The first kappa shape index (κ1) is 97.4. The van der Waals surface area contributed by atoms with E-state index in [9.17, 15) is 61.0 Å². The fraction of sp³-hybridized carbons (Fsp3) is 0.761. The Morgan fingerprint density at radius 1 is 0.346 bits per heavy atom. The van der Waals surface area contributed by atoms with Crippen LogP contribution in [-0.4, -0.2) is 193 Å². The van der Waals surface area contributed by atoms with E-state index in [1.807, 2.05) is 6.08 Å². The summed E-state index contributed by atoms with van der Waals surface area (Å²) >= 11 is 0. The molecule has 0 aromatic carbocycles. The van der Waals surface area contributed by atoms with Gasteiger partial charge >= 0.3 is 0 Å². The van der Waals surface area contributed by atoms with Gasteiger partial charge in [-0.15, -0.1) is 0 Å². The molecule has 3 saturated heterocycles. The number of amides is 1. The van der Waals surface area contributed by atoms with Gasteiger partial charge in [-0.1, -0.05) is 309 Å². The van der Waals surface area contributed by atoms with Crippen molar-refractivity contribution >= 4 is 5.91 Å². The van der Waals surface area contributed by atoms with Crippen LogP contribution in [0.5, 0.6) is 0 Å². The normalized spacial score (nSPS) is 26.2. The largest absolute Gasteiger partial charge is 0.394 e. The zero-order chi connectivity index (χ0) is 77.4. The van der Waals surface area contributed by atoms with E-state index in [0.717, 1.165) is 116 Å². The molecule has 3 fully saturated rings. The van der Waals surface area contributed by atoms with E-state index in [1.165, 1.54) is 148 Å². The van der Waals surface area contributed by atoms with E-state index in [4.69, 9.17) is 28.4 Å². The quantitative estimate of drug-likeness (QED) is 0.0199. The molecule has 0 spiro atoms. The Morgan fingerprint density at radius 2 is 0.654 bits per heavy atom. The molecule has 107 heavy (non-hydrogen) atoms. The molecule has 616 valence electrons. The van der Waals surface area contributed by atoms with Gasteiger partial charge in [0.25, 0.3) is 0 Å². The number of nitrogens with one attached hydrogen (secondary N) is 1. The summed E-state index contributed by atoms with van der Waals surface area (Å²) in [6.45, 7) is 1.60. The van der Waals surface area contributed by atoms with Crippen LogP contribution in [0.1, 0.15) is 296 Å². The van der Waals surface area contributed by atoms with Gasteiger partial charge in [-0.25, -0.2) is 0 Å². The second-order valence-corrected chi connectivity index (χ2v) is 29.5. The third kappa shape index (κ3) is 46.1. The van der Waals surface area contributed by atoms with E-state index >= 15 is 0 Å². The lowest BCUT2D eigenvalue weighted by atomic mass is 9.96. The molecular weight excluding hydrogens is 1360 g/mol. The molecule has 19 heteroatoms. The monoisotopic (exact) mass is 1510 g/mol. The van der Waals surface area contributed by atoms with Gasteiger partial charge in [0.1, 0.15) is 73.2 Å². The Hall–Kier alpha value is -3.81. The summed E-state index contributed by atoms with van der Waals surface area (Å²) in [6.07, 6.45) is 67.6. The van der Waals surface area contributed by atoms with Gasteiger partial charge in [-0.2, -0.15) is 0 Å². The molecule has 0 aromatic rings. The topological polar surface area (TPSA) is 307 Å². The highest BCUT2D eigenvalue weighted by Crippen LogP contribution is 2.33. The Morgan fingerprint density at radius 3 is 1.05 bits per heavy atom. The van der Waals surface area contributed by atoms with E-state index in [1.54, 1.807) is 6.08 Å². The number of unbranched alkanes of at least 4 members (excludes halogenated alkanes) is 32. The van der Waals surface area contributed by atoms with Crippen LogP contribution in [-0.2, 0) is 33.2 Å². The Kier molecular flexibility index (Phi) is 60.8. The number of rotatable bonds is 66. The van der Waals surface area contributed by atoms with Gasteiger partial charge in [-0.05, 0) is 103 Å². The lowest BCUT2D eigenvalue weighted by Gasteiger charge is -2.48. The molecule has 0 saturated carbocycles. The van der Waals surface area contributed by atoms with Gasteiger partial charge < -0.3 is 89.9 Å². The van der Waals surface area contributed by atoms with E-state index < -0.39 is 124 Å². The molecule has 17 atom stereocenters. The Bertz CT molecular complexity index is 2410. The predicted octanol–water partition coefficient (Wildman–Crippen LogP) is 15.1. The van der Waals surface area contributed by atoms with Crippen LogP contribution in [0.4, 0.5) is 0 Å². The van der Waals surface area contributed by atoms with Crippen LogP contribution in [0.25, 0.3) is 0 Å². The van der Waals surface area contributed by atoms with Crippen molar-refractivity contribution in [3.8, 4) is 0 Å². The summed E-state index contributed by atoms with van der Waals surface area (Å²) in [4.78, 5) is 13.5. The van der Waals surface area contributed by atoms with Crippen molar-refractivity contribution in [2.24, 2.45) is 0 Å². The van der Waals surface area contributed by atoms with Crippen molar-refractivity contribution in [1.29, 1.82) is 0 Å². The lowest BCUT2D eigenvalue weighted by Crippen LogP contribution is -2.66. The molecule has 0 aliphatic carbocycles. The summed E-state index contributed by atoms with van der Waals surface area (Å²) in [5.74, 6) is -0.304. The number of hydrogen-bond donors (Lipinski definition) is 12. The van der Waals surface area contributed by atoms with E-state index in [-0.39, 0.29) is 18.9 Å². The number of hydrogen-bond acceptors (Lipinski definition) is 18. The summed E-state index contributed by atoms with van der Waals surface area (Å²) in [7, 11) is 0. The van der Waals surface area contributed by atoms with Crippen molar-refractivity contribution in [3.05, 3.63) is 122 Å². The molecule has 1 amide bonds. The summed E-state index contributed by atoms with van der Waals surface area (Å²) in [5, 5.41) is 121. The second-order valence-electron chi connectivity index (χ2n) is 29.5. The number of allylic oxidation sites excluding steroid dienone is 19. The summed E-state index contributed by atoms with van der Waals surface area (Å²) < 4.78 is 34.4. The zero-order valence-electron chi connectivity index (χ0n) is 66.1. The van der Waals surface area contributed by atoms with Gasteiger partial charge in [0.2, 0.25) is 5.91 Å². The van der Waals surface area contributed by atoms with Crippen molar-refractivity contribution in [3.63, 3.8) is 0 Å². The minimum absolute atomic E-state index is 0.211. The average Bonchev–Trinajstić information content (AvgIpc) is 0.781. The lowest BCUT2D eigenvalue weighted by molar-refractivity contribution is -0.379. The third-order valence-corrected chi connectivity index (χ3v) is 20.2. The maximum atomic E-state index is 13.5. The summed E-state index contributed by atoms with van der Waals surface area (Å²) in [6, 6.07) is -1.01. The Labute approximate surface area is 646 Å². The average molecular weight is 1510 g/mol. The maximum absolute atomic E-state index is 13.5. The molecule has 17 unspecified atom stereocenters. The molecular formula is C88H151NO18. The first-order valence-corrected chi connectivity index (χ1v) is 42.3. The second kappa shape index (κ2) is 66.8. The maximum Gasteiger partial charge on any atom is 0.220 e. The van der Waals surface area contributed by atoms with Gasteiger partial charge in [-0.3, -0.25) is 4.79 Å². The highest BCUT2D eigenvalue weighted by Gasteiger charge is 2.54. The highest BCUT2D eigenvalue weighted by atomic mass is 16.8. The van der Waals surface area contributed by atoms with Crippen LogP contribution in [0, 0.1) is 0 Å². The molecule has 3 heterocycles. The van der Waals surface area contributed by atoms with Crippen molar-refractivity contribution < 1.29 is 89.4 Å². The minimum atomic E-state index is -1.99. The minimum Gasteiger partial charge on any atom is -0.394 e. The standard InChI is InChI=1S/C88H151NO18/c1-3-5-7-9-11-13-15-17-19-21-23-25-27-29-31-33-34-35-36-38-39-41-43-45-47-49-51-53-55-57-59-61-63-65-72(93)71(89-76(94)66-64-62-60-58-56-54-52-50-48-46-44-42-40-37-32-30-28-26-24-22-20-18-16-14-12-10-8-6-4-2)70-102-86-82(100)79(97)84(74(68-91)104-86)107-88-83(101)80(98)85(75(69-92)105-88)106-87-81(99)78(96)77(95)73(67-90)103-87/h6,8,12,14,18,20,24,26,30,32,40,42,46-49,55,57,63,65,71-75,77-88,90-93,95-101H,3-5,7,9-11,13,15-17,19,21-23,25,27-29,31,33-39,41,43-45,50-54,56,58-62,64,66-70H2,1-2H3,(H,89,94)/b8-6-,14-12-,20-18-,26-24-,32-30-,42-40-,48-46-,49-47+,57-55+,65-63+. The van der Waals surface area contributed by atoms with Crippen LogP contribution in [0.2, 0.25) is 0 Å². The van der Waals surface area contributed by atoms with Crippen molar-refractivity contribution in [2.75, 3.05) is 26.4 Å². The van der Waals surface area contributed by atoms with Gasteiger partial charge in [0.15, 0.2) is 18.9 Å². The van der Waals surface area contributed by atoms with Crippen LogP contribution >= 0.6 is 0 Å². The van der Waals surface area contributed by atoms with E-state index in [0.29, 0.717) is 12.8 Å².